The zero-order valence-electron chi connectivity index (χ0n) is 22.2. The van der Waals surface area contributed by atoms with Crippen LogP contribution in [0.4, 0.5) is 0 Å². The van der Waals surface area contributed by atoms with Gasteiger partial charge in [-0.1, -0.05) is 32.1 Å². The molecule has 1 unspecified atom stereocenters. The molecule has 38 heavy (non-hydrogen) atoms. The fourth-order valence-corrected chi connectivity index (χ4v) is 6.27. The second-order valence-corrected chi connectivity index (χ2v) is 11.0. The van der Waals surface area contributed by atoms with Gasteiger partial charge in [0.05, 0.1) is 18.6 Å². The number of methoxy groups -OCH3 is 1. The number of benzene rings is 2. The Bertz CT molecular complexity index is 1160. The zero-order chi connectivity index (χ0) is 26.5. The molecule has 0 bridgehead atoms. The van der Waals surface area contributed by atoms with Gasteiger partial charge in [-0.3, -0.25) is 9.59 Å². The van der Waals surface area contributed by atoms with E-state index < -0.39 is 11.9 Å². The van der Waals surface area contributed by atoms with E-state index >= 15 is 0 Å². The number of rotatable bonds is 6. The van der Waals surface area contributed by atoms with Crippen molar-refractivity contribution in [1.82, 2.24) is 10.2 Å². The Morgan fingerprint density at radius 1 is 0.947 bits per heavy atom. The van der Waals surface area contributed by atoms with Gasteiger partial charge in [0.2, 0.25) is 5.91 Å². The molecule has 3 aliphatic rings. The number of aldehydes is 1. The number of nitrogens with zero attached hydrogens (tertiary/aromatic N) is 1. The van der Waals surface area contributed by atoms with Crippen molar-refractivity contribution in [2.45, 2.75) is 69.7 Å². The highest BCUT2D eigenvalue weighted by Crippen LogP contribution is 2.45. The van der Waals surface area contributed by atoms with E-state index in [1.54, 1.807) is 36.4 Å². The molecular weight excluding hydrogens is 480 g/mol. The fourth-order valence-electron chi connectivity index (χ4n) is 6.27. The molecule has 2 heterocycles. The monoisotopic (exact) mass is 518 g/mol. The van der Waals surface area contributed by atoms with Gasteiger partial charge in [-0.2, -0.15) is 0 Å². The molecule has 0 radical (unpaired) electrons. The standard InChI is InChI=1S/C31H38N2O5/c1-37-31(36)23-10-12-28-26(18-23)29(25-17-22(20-34)9-11-27(25)38-28)30(35)32-24-13-15-33(16-14-24)19-21-7-5-3-2-4-6-8-21/h9-12,17-18,20-21,24,29H,2-8,13-16,19H2,1H3,(H,32,35). The molecule has 0 spiro atoms. The van der Waals surface area contributed by atoms with E-state index in [1.807, 2.05) is 0 Å². The zero-order valence-corrected chi connectivity index (χ0v) is 22.2. The summed E-state index contributed by atoms with van der Waals surface area (Å²) < 4.78 is 11.0. The number of carbonyl (C=O) groups is 3. The van der Waals surface area contributed by atoms with Crippen LogP contribution in [0.15, 0.2) is 36.4 Å². The van der Waals surface area contributed by atoms with E-state index in [2.05, 4.69) is 10.2 Å². The molecule has 2 aromatic carbocycles. The van der Waals surface area contributed by atoms with E-state index in [-0.39, 0.29) is 11.9 Å². The number of likely N-dealkylation sites (tertiary alicyclic amines) is 1. The second kappa shape index (κ2) is 12.1. The molecule has 1 amide bonds. The van der Waals surface area contributed by atoms with Crippen molar-refractivity contribution in [3.8, 4) is 11.5 Å². The van der Waals surface area contributed by atoms with Crippen LogP contribution in [0.3, 0.4) is 0 Å². The van der Waals surface area contributed by atoms with Crippen molar-refractivity contribution in [2.24, 2.45) is 5.92 Å². The van der Waals surface area contributed by atoms with Crippen molar-refractivity contribution < 1.29 is 23.9 Å². The average molecular weight is 519 g/mol. The van der Waals surface area contributed by atoms with E-state index in [9.17, 15) is 14.4 Å². The molecule has 2 fully saturated rings. The van der Waals surface area contributed by atoms with Crippen LogP contribution in [0.2, 0.25) is 0 Å². The van der Waals surface area contributed by atoms with Gasteiger partial charge in [0.1, 0.15) is 17.8 Å². The molecule has 1 saturated heterocycles. The van der Waals surface area contributed by atoms with Crippen molar-refractivity contribution in [3.05, 3.63) is 58.7 Å². The summed E-state index contributed by atoms with van der Waals surface area (Å²) >= 11 is 0. The quantitative estimate of drug-likeness (QED) is 0.404. The van der Waals surface area contributed by atoms with Crippen LogP contribution in [0.5, 0.6) is 11.5 Å². The summed E-state index contributed by atoms with van der Waals surface area (Å²) in [5.74, 6) is 0.565. The van der Waals surface area contributed by atoms with Crippen molar-refractivity contribution >= 4 is 18.2 Å². The number of ether oxygens (including phenoxy) is 2. The minimum absolute atomic E-state index is 0.0869. The topological polar surface area (TPSA) is 84.9 Å². The maximum Gasteiger partial charge on any atom is 0.337 e. The molecule has 2 aliphatic heterocycles. The highest BCUT2D eigenvalue weighted by Gasteiger charge is 2.35. The van der Waals surface area contributed by atoms with Gasteiger partial charge >= 0.3 is 5.97 Å². The number of carbonyl (C=O) groups excluding carboxylic acids is 3. The maximum absolute atomic E-state index is 13.8. The molecular formula is C31H38N2O5. The van der Waals surface area contributed by atoms with Crippen LogP contribution in [-0.2, 0) is 9.53 Å². The lowest BCUT2D eigenvalue weighted by molar-refractivity contribution is -0.122. The first-order chi connectivity index (χ1) is 18.6. The van der Waals surface area contributed by atoms with Gasteiger partial charge in [0.15, 0.2) is 0 Å². The van der Waals surface area contributed by atoms with Gasteiger partial charge < -0.3 is 19.7 Å². The molecule has 7 nitrogen and oxygen atoms in total. The molecule has 1 atom stereocenters. The molecule has 1 N–H and O–H groups in total. The Balaban J connectivity index is 1.30. The third-order valence-corrected chi connectivity index (χ3v) is 8.38. The Kier molecular flexibility index (Phi) is 8.42. The number of hydrogen-bond donors (Lipinski definition) is 1. The van der Waals surface area contributed by atoms with Crippen LogP contribution in [0.1, 0.15) is 95.5 Å². The predicted molar refractivity (Wildman–Crippen MR) is 145 cm³/mol. The number of piperidine rings is 1. The summed E-state index contributed by atoms with van der Waals surface area (Å²) in [5, 5.41) is 3.29. The molecule has 202 valence electrons. The summed E-state index contributed by atoms with van der Waals surface area (Å²) in [6.45, 7) is 3.15. The smallest absolute Gasteiger partial charge is 0.337 e. The molecule has 0 aromatic heterocycles. The van der Waals surface area contributed by atoms with E-state index in [1.165, 1.54) is 58.6 Å². The van der Waals surface area contributed by atoms with E-state index in [0.717, 1.165) is 38.1 Å². The van der Waals surface area contributed by atoms with Gasteiger partial charge in [-0.15, -0.1) is 0 Å². The summed E-state index contributed by atoms with van der Waals surface area (Å²) in [4.78, 5) is 40.2. The first-order valence-corrected chi connectivity index (χ1v) is 14.1. The lowest BCUT2D eigenvalue weighted by atomic mass is 9.85. The minimum Gasteiger partial charge on any atom is -0.465 e. The predicted octanol–water partition coefficient (Wildman–Crippen LogP) is 5.46. The van der Waals surface area contributed by atoms with Gasteiger partial charge in [0, 0.05) is 42.4 Å². The Hall–Kier alpha value is -3.19. The Labute approximate surface area is 224 Å². The maximum atomic E-state index is 13.8. The highest BCUT2D eigenvalue weighted by molar-refractivity contribution is 5.94. The SMILES string of the molecule is COC(=O)c1ccc2c(c1)C(C(=O)NC1CCN(CC3CCCCCCC3)CC1)c1cc(C=O)ccc1O2. The number of nitrogens with one attached hydrogen (secondary N) is 1. The number of amides is 1. The van der Waals surface area contributed by atoms with Gasteiger partial charge in [0.25, 0.3) is 0 Å². The Morgan fingerprint density at radius 2 is 1.61 bits per heavy atom. The third-order valence-electron chi connectivity index (χ3n) is 8.38. The number of esters is 1. The third kappa shape index (κ3) is 5.93. The van der Waals surface area contributed by atoms with Crippen LogP contribution >= 0.6 is 0 Å². The molecule has 1 aliphatic carbocycles. The normalized spacial score (nSPS) is 20.7. The van der Waals surface area contributed by atoms with Crippen molar-refractivity contribution in [2.75, 3.05) is 26.7 Å². The summed E-state index contributed by atoms with van der Waals surface area (Å²) in [6.07, 6.45) is 12.1. The van der Waals surface area contributed by atoms with Crippen molar-refractivity contribution in [1.29, 1.82) is 0 Å². The lowest BCUT2D eigenvalue weighted by Crippen LogP contribution is -2.47. The molecule has 2 aromatic rings. The highest BCUT2D eigenvalue weighted by atomic mass is 16.5. The first kappa shape index (κ1) is 26.4. The van der Waals surface area contributed by atoms with Crippen LogP contribution in [0, 0.1) is 5.92 Å². The van der Waals surface area contributed by atoms with Crippen LogP contribution in [-0.4, -0.2) is 55.8 Å². The van der Waals surface area contributed by atoms with E-state index in [4.69, 9.17) is 9.47 Å². The van der Waals surface area contributed by atoms with E-state index in [0.29, 0.717) is 33.8 Å². The average Bonchev–Trinajstić information content (AvgIpc) is 2.93. The minimum atomic E-state index is -0.689. The van der Waals surface area contributed by atoms with Gasteiger partial charge in [-0.05, 0) is 68.0 Å². The largest absolute Gasteiger partial charge is 0.465 e. The lowest BCUT2D eigenvalue weighted by Gasteiger charge is -2.36. The summed E-state index contributed by atoms with van der Waals surface area (Å²) in [6, 6.07) is 10.2. The summed E-state index contributed by atoms with van der Waals surface area (Å²) in [7, 11) is 1.33. The van der Waals surface area contributed by atoms with Crippen LogP contribution < -0.4 is 10.1 Å². The summed E-state index contributed by atoms with van der Waals surface area (Å²) in [5.41, 5.74) is 2.05. The number of hydrogen-bond acceptors (Lipinski definition) is 6. The van der Waals surface area contributed by atoms with Crippen molar-refractivity contribution in [3.63, 3.8) is 0 Å². The molecule has 1 saturated carbocycles. The first-order valence-electron chi connectivity index (χ1n) is 14.1. The Morgan fingerprint density at radius 3 is 2.29 bits per heavy atom. The molecule has 7 heteroatoms. The fraction of sp³-hybridized carbons (Fsp3) is 0.516. The second-order valence-electron chi connectivity index (χ2n) is 11.0. The van der Waals surface area contributed by atoms with Crippen LogP contribution in [0.25, 0.3) is 0 Å². The molecule has 5 rings (SSSR count). The van der Waals surface area contributed by atoms with Gasteiger partial charge in [-0.25, -0.2) is 4.79 Å². The number of fused-ring (bicyclic) bond motifs is 2.